The van der Waals surface area contributed by atoms with Crippen LogP contribution in [-0.2, 0) is 4.12 Å². The van der Waals surface area contributed by atoms with E-state index in [9.17, 15) is 0 Å². The molecule has 4 N–H and O–H groups in total. The first-order valence-corrected chi connectivity index (χ1v) is 15.7. The molecule has 2 aliphatic carbocycles. The van der Waals surface area contributed by atoms with Gasteiger partial charge in [0.15, 0.2) is 16.6 Å². The molecule has 0 aromatic carbocycles. The molecule has 23 heavy (non-hydrogen) atoms. The van der Waals surface area contributed by atoms with Gasteiger partial charge in [0.05, 0.1) is 0 Å². The zero-order chi connectivity index (χ0) is 17.4. The third-order valence-corrected chi connectivity index (χ3v) is 16.2. The Kier molecular flexibility index (Phi) is 6.22. The number of hydrogen-bond donors (Lipinski definition) is 2. The molecular weight excluding hydrogens is 316 g/mol. The summed E-state index contributed by atoms with van der Waals surface area (Å²) in [6.07, 6.45) is 7.47. The van der Waals surface area contributed by atoms with Crippen molar-refractivity contribution in [2.45, 2.75) is 102 Å². The Morgan fingerprint density at radius 2 is 1.04 bits per heavy atom. The second kappa shape index (κ2) is 7.28. The average molecular weight is 357 g/mol. The largest absolute Gasteiger partial charge is 0.455 e. The SMILES string of the molecule is CC1CC([Si](C)(C)O[Si](C)(C)C2CCC(N)C(C)C2)CCC1N. The minimum atomic E-state index is -1.66. The molecule has 0 aliphatic heterocycles. The maximum Gasteiger partial charge on any atom is 0.176 e. The highest BCUT2D eigenvalue weighted by molar-refractivity contribution is 6.86. The Hall–Kier alpha value is 0.314. The summed E-state index contributed by atoms with van der Waals surface area (Å²) in [5.41, 5.74) is 14.0. The van der Waals surface area contributed by atoms with E-state index >= 15 is 0 Å². The number of rotatable bonds is 4. The molecule has 6 atom stereocenters. The monoisotopic (exact) mass is 356 g/mol. The highest BCUT2D eigenvalue weighted by atomic mass is 28.4. The van der Waals surface area contributed by atoms with Crippen molar-refractivity contribution in [1.82, 2.24) is 0 Å². The topological polar surface area (TPSA) is 61.3 Å². The third kappa shape index (κ3) is 4.69. The van der Waals surface area contributed by atoms with E-state index in [4.69, 9.17) is 15.6 Å². The first-order valence-electron chi connectivity index (χ1n) is 9.74. The molecule has 0 bridgehead atoms. The van der Waals surface area contributed by atoms with Crippen molar-refractivity contribution in [3.8, 4) is 0 Å². The Bertz CT molecular complexity index is 366. The van der Waals surface area contributed by atoms with E-state index in [0.717, 1.165) is 11.1 Å². The second-order valence-corrected chi connectivity index (χ2v) is 18.5. The van der Waals surface area contributed by atoms with E-state index in [2.05, 4.69) is 40.0 Å². The lowest BCUT2D eigenvalue weighted by Gasteiger charge is -2.47. The van der Waals surface area contributed by atoms with Crippen LogP contribution in [0.2, 0.25) is 37.3 Å². The molecule has 0 saturated heterocycles. The molecular formula is C18H40N2OSi2. The van der Waals surface area contributed by atoms with Crippen molar-refractivity contribution < 1.29 is 4.12 Å². The van der Waals surface area contributed by atoms with E-state index in [1.807, 2.05) is 0 Å². The predicted octanol–water partition coefficient (Wildman–Crippen LogP) is 4.45. The Morgan fingerprint density at radius 1 is 0.696 bits per heavy atom. The standard InChI is InChI=1S/C18H40N2OSi2/c1-13-11-15(7-9-17(13)19)22(3,4)21-23(5,6)16-8-10-18(20)14(2)12-16/h13-18H,7-12,19-20H2,1-6H3. The maximum absolute atomic E-state index is 7.07. The molecule has 3 nitrogen and oxygen atoms in total. The molecule has 2 fully saturated rings. The fraction of sp³-hybridized carbons (Fsp3) is 1.00. The van der Waals surface area contributed by atoms with Crippen LogP contribution in [0.4, 0.5) is 0 Å². The van der Waals surface area contributed by atoms with Gasteiger partial charge in [0.2, 0.25) is 0 Å². The van der Waals surface area contributed by atoms with Crippen LogP contribution < -0.4 is 11.5 Å². The van der Waals surface area contributed by atoms with Crippen LogP contribution in [-0.4, -0.2) is 28.7 Å². The summed E-state index contributed by atoms with van der Waals surface area (Å²) in [5.74, 6) is 1.31. The van der Waals surface area contributed by atoms with Crippen LogP contribution in [0, 0.1) is 11.8 Å². The Balaban J connectivity index is 2.00. The fourth-order valence-electron chi connectivity index (χ4n) is 4.95. The summed E-state index contributed by atoms with van der Waals surface area (Å²) < 4.78 is 7.07. The van der Waals surface area contributed by atoms with Gasteiger partial charge in [0, 0.05) is 12.1 Å². The van der Waals surface area contributed by atoms with Gasteiger partial charge in [-0.1, -0.05) is 13.8 Å². The first kappa shape index (κ1) is 19.6. The summed E-state index contributed by atoms with van der Waals surface area (Å²) in [6, 6.07) is 0.809. The lowest BCUT2D eigenvalue weighted by Crippen LogP contribution is -2.53. The van der Waals surface area contributed by atoms with Crippen molar-refractivity contribution in [1.29, 1.82) is 0 Å². The van der Waals surface area contributed by atoms with Crippen LogP contribution in [0.5, 0.6) is 0 Å². The Labute approximate surface area is 146 Å². The third-order valence-electron chi connectivity index (χ3n) is 6.96. The molecule has 0 heterocycles. The number of nitrogens with two attached hydrogens (primary N) is 2. The molecule has 0 amide bonds. The fourth-order valence-corrected chi connectivity index (χ4v) is 15.3. The zero-order valence-corrected chi connectivity index (χ0v) is 18.3. The van der Waals surface area contributed by atoms with Gasteiger partial charge in [-0.15, -0.1) is 0 Å². The molecule has 0 radical (unpaired) electrons. The van der Waals surface area contributed by atoms with Gasteiger partial charge >= 0.3 is 0 Å². The maximum atomic E-state index is 7.07. The average Bonchev–Trinajstić information content (AvgIpc) is 2.43. The summed E-state index contributed by atoms with van der Waals surface area (Å²) >= 11 is 0. The highest BCUT2D eigenvalue weighted by Crippen LogP contribution is 2.45. The quantitative estimate of drug-likeness (QED) is 0.732. The van der Waals surface area contributed by atoms with Gasteiger partial charge < -0.3 is 15.6 Å². The van der Waals surface area contributed by atoms with E-state index in [-0.39, 0.29) is 0 Å². The van der Waals surface area contributed by atoms with Crippen LogP contribution in [0.3, 0.4) is 0 Å². The van der Waals surface area contributed by atoms with Crippen molar-refractivity contribution in [2.24, 2.45) is 23.3 Å². The molecule has 0 spiro atoms. The predicted molar refractivity (Wildman–Crippen MR) is 106 cm³/mol. The summed E-state index contributed by atoms with van der Waals surface area (Å²) in [6.45, 7) is 14.5. The second-order valence-electron chi connectivity index (χ2n) is 9.61. The van der Waals surface area contributed by atoms with Crippen molar-refractivity contribution in [3.63, 3.8) is 0 Å². The normalized spacial score (nSPS) is 40.2. The van der Waals surface area contributed by atoms with Gasteiger partial charge in [-0.25, -0.2) is 0 Å². The molecule has 2 rings (SSSR count). The van der Waals surface area contributed by atoms with Crippen LogP contribution in [0.25, 0.3) is 0 Å². The van der Waals surface area contributed by atoms with Gasteiger partial charge in [-0.3, -0.25) is 0 Å². The van der Waals surface area contributed by atoms with Crippen LogP contribution in [0.15, 0.2) is 0 Å². The van der Waals surface area contributed by atoms with Crippen molar-refractivity contribution >= 4 is 16.6 Å². The molecule has 2 aliphatic rings. The molecule has 0 aromatic rings. The van der Waals surface area contributed by atoms with E-state index in [0.29, 0.717) is 23.9 Å². The van der Waals surface area contributed by atoms with Gasteiger partial charge in [-0.2, -0.15) is 0 Å². The van der Waals surface area contributed by atoms with E-state index in [1.54, 1.807) is 0 Å². The minimum absolute atomic E-state index is 0.405. The van der Waals surface area contributed by atoms with Gasteiger partial charge in [0.25, 0.3) is 0 Å². The molecule has 0 aromatic heterocycles. The van der Waals surface area contributed by atoms with Crippen LogP contribution >= 0.6 is 0 Å². The minimum Gasteiger partial charge on any atom is -0.455 e. The molecule has 136 valence electrons. The highest BCUT2D eigenvalue weighted by Gasteiger charge is 2.46. The Morgan fingerprint density at radius 3 is 1.35 bits per heavy atom. The molecule has 2 saturated carbocycles. The molecule has 6 unspecified atom stereocenters. The van der Waals surface area contributed by atoms with E-state index in [1.165, 1.54) is 38.5 Å². The smallest absolute Gasteiger partial charge is 0.176 e. The van der Waals surface area contributed by atoms with Crippen molar-refractivity contribution in [2.75, 3.05) is 0 Å². The lowest BCUT2D eigenvalue weighted by atomic mass is 9.86. The van der Waals surface area contributed by atoms with E-state index < -0.39 is 16.6 Å². The molecule has 5 heteroatoms. The summed E-state index contributed by atoms with van der Waals surface area (Å²) in [4.78, 5) is 0. The van der Waals surface area contributed by atoms with Crippen molar-refractivity contribution in [3.05, 3.63) is 0 Å². The van der Waals surface area contributed by atoms with Crippen LogP contribution in [0.1, 0.15) is 52.4 Å². The zero-order valence-electron chi connectivity index (χ0n) is 16.3. The van der Waals surface area contributed by atoms with Gasteiger partial charge in [-0.05, 0) is 87.6 Å². The van der Waals surface area contributed by atoms with Gasteiger partial charge in [0.1, 0.15) is 0 Å². The summed E-state index contributed by atoms with van der Waals surface area (Å²) in [7, 11) is -3.31. The summed E-state index contributed by atoms with van der Waals surface area (Å²) in [5, 5.41) is 0. The number of hydrogen-bond acceptors (Lipinski definition) is 3. The lowest BCUT2D eigenvalue weighted by molar-refractivity contribution is 0.298. The first-order chi connectivity index (χ1) is 10.5.